The number of methoxy groups -OCH3 is 1. The summed E-state index contributed by atoms with van der Waals surface area (Å²) in [6, 6.07) is 10.5. The highest BCUT2D eigenvalue weighted by Gasteiger charge is 2.52. The van der Waals surface area contributed by atoms with Gasteiger partial charge in [-0.05, 0) is 43.4 Å². The van der Waals surface area contributed by atoms with E-state index < -0.39 is 0 Å². The highest BCUT2D eigenvalue weighted by molar-refractivity contribution is 5.31. The first-order valence-corrected chi connectivity index (χ1v) is 6.45. The highest BCUT2D eigenvalue weighted by atomic mass is 16.5. The average Bonchev–Trinajstić information content (AvgIpc) is 3.00. The minimum absolute atomic E-state index is 0.124. The first kappa shape index (κ1) is 11.6. The molecule has 2 fully saturated rings. The highest BCUT2D eigenvalue weighted by Crippen LogP contribution is 2.49. The zero-order valence-electron chi connectivity index (χ0n) is 10.6. The molecule has 18 heavy (non-hydrogen) atoms. The van der Waals surface area contributed by atoms with E-state index in [9.17, 15) is 5.26 Å². The molecule has 2 heterocycles. The van der Waals surface area contributed by atoms with Gasteiger partial charge in [0.05, 0.1) is 30.8 Å². The van der Waals surface area contributed by atoms with Crippen molar-refractivity contribution in [2.75, 3.05) is 7.11 Å². The molecule has 1 aromatic rings. The third-order valence-electron chi connectivity index (χ3n) is 4.19. The van der Waals surface area contributed by atoms with Gasteiger partial charge >= 0.3 is 0 Å². The predicted octanol–water partition coefficient (Wildman–Crippen LogP) is 2.70. The van der Waals surface area contributed by atoms with E-state index in [0.717, 1.165) is 37.0 Å². The summed E-state index contributed by atoms with van der Waals surface area (Å²) < 4.78 is 11.1. The molecule has 3 atom stereocenters. The van der Waals surface area contributed by atoms with Crippen molar-refractivity contribution in [2.45, 2.75) is 37.9 Å². The van der Waals surface area contributed by atoms with Crippen molar-refractivity contribution in [1.82, 2.24) is 0 Å². The molecule has 3 nitrogen and oxygen atoms in total. The van der Waals surface area contributed by atoms with Crippen molar-refractivity contribution in [3.8, 4) is 11.8 Å². The predicted molar refractivity (Wildman–Crippen MR) is 67.3 cm³/mol. The lowest BCUT2D eigenvalue weighted by atomic mass is 9.71. The van der Waals surface area contributed by atoms with Gasteiger partial charge in [-0.2, -0.15) is 5.26 Å². The topological polar surface area (TPSA) is 42.2 Å². The third-order valence-corrected chi connectivity index (χ3v) is 4.19. The van der Waals surface area contributed by atoms with E-state index in [2.05, 4.69) is 12.1 Å². The van der Waals surface area contributed by atoms with E-state index in [1.54, 1.807) is 7.11 Å². The Kier molecular flexibility index (Phi) is 2.76. The summed E-state index contributed by atoms with van der Waals surface area (Å²) in [7, 11) is 1.67. The van der Waals surface area contributed by atoms with Gasteiger partial charge in [0.25, 0.3) is 0 Å². The second-order valence-corrected chi connectivity index (χ2v) is 5.32. The van der Waals surface area contributed by atoms with Crippen LogP contribution >= 0.6 is 0 Å². The van der Waals surface area contributed by atoms with Gasteiger partial charge in [-0.3, -0.25) is 0 Å². The van der Waals surface area contributed by atoms with Crippen molar-refractivity contribution >= 4 is 0 Å². The Morgan fingerprint density at radius 3 is 3.00 bits per heavy atom. The minimum atomic E-state index is -0.324. The van der Waals surface area contributed by atoms with E-state index in [1.807, 2.05) is 18.2 Å². The van der Waals surface area contributed by atoms with Crippen LogP contribution in [0.2, 0.25) is 0 Å². The normalized spacial score (nSPS) is 33.3. The Balaban J connectivity index is 1.84. The molecule has 1 aromatic carbocycles. The second kappa shape index (κ2) is 4.29. The molecule has 2 bridgehead atoms. The van der Waals surface area contributed by atoms with Crippen LogP contribution in [0.5, 0.6) is 5.75 Å². The summed E-state index contributed by atoms with van der Waals surface area (Å²) in [5.41, 5.74) is 0.835. The van der Waals surface area contributed by atoms with E-state index in [4.69, 9.17) is 9.47 Å². The molecule has 0 spiro atoms. The maximum Gasteiger partial charge on any atom is 0.119 e. The van der Waals surface area contributed by atoms with E-state index in [-0.39, 0.29) is 11.5 Å². The van der Waals surface area contributed by atoms with Gasteiger partial charge in [0.15, 0.2) is 0 Å². The Morgan fingerprint density at radius 1 is 1.50 bits per heavy atom. The van der Waals surface area contributed by atoms with Gasteiger partial charge in [-0.25, -0.2) is 0 Å². The third kappa shape index (κ3) is 1.77. The van der Waals surface area contributed by atoms with Crippen LogP contribution in [0, 0.1) is 16.7 Å². The van der Waals surface area contributed by atoms with Crippen molar-refractivity contribution < 1.29 is 9.47 Å². The molecule has 2 saturated heterocycles. The molecule has 0 amide bonds. The molecule has 2 aliphatic rings. The summed E-state index contributed by atoms with van der Waals surface area (Å²) >= 11 is 0. The van der Waals surface area contributed by atoms with Gasteiger partial charge in [0.2, 0.25) is 0 Å². The Hall–Kier alpha value is -1.53. The van der Waals surface area contributed by atoms with Crippen LogP contribution in [0.3, 0.4) is 0 Å². The second-order valence-electron chi connectivity index (χ2n) is 5.32. The first-order valence-electron chi connectivity index (χ1n) is 6.45. The minimum Gasteiger partial charge on any atom is -0.497 e. The maximum atomic E-state index is 9.57. The number of hydrogen-bond donors (Lipinski definition) is 0. The van der Waals surface area contributed by atoms with E-state index in [1.165, 1.54) is 0 Å². The fourth-order valence-corrected chi connectivity index (χ4v) is 3.29. The summed E-state index contributed by atoms with van der Waals surface area (Å²) in [6.07, 6.45) is 4.22. The summed E-state index contributed by atoms with van der Waals surface area (Å²) in [5.74, 6) is 0.852. The van der Waals surface area contributed by atoms with Crippen LogP contribution in [0.4, 0.5) is 0 Å². The van der Waals surface area contributed by atoms with Gasteiger partial charge in [-0.1, -0.05) is 12.1 Å². The largest absolute Gasteiger partial charge is 0.497 e. The van der Waals surface area contributed by atoms with Crippen molar-refractivity contribution in [2.24, 2.45) is 5.41 Å². The molecule has 94 valence electrons. The lowest BCUT2D eigenvalue weighted by Gasteiger charge is -2.28. The summed E-state index contributed by atoms with van der Waals surface area (Å²) in [5, 5.41) is 9.57. The van der Waals surface area contributed by atoms with Crippen LogP contribution in [0.15, 0.2) is 24.3 Å². The standard InChI is InChI=1S/C15H17NO2/c1-17-12-4-2-3-11(7-12)8-15(10-16)9-13-5-6-14(15)18-13/h2-4,7,13-14H,5-6,8-9H2,1H3. The lowest BCUT2D eigenvalue weighted by Crippen LogP contribution is -2.33. The fourth-order valence-electron chi connectivity index (χ4n) is 3.29. The number of nitrogens with zero attached hydrogens (tertiary/aromatic N) is 1. The summed E-state index contributed by atoms with van der Waals surface area (Å²) in [6.45, 7) is 0. The van der Waals surface area contributed by atoms with Gasteiger partial charge in [0, 0.05) is 0 Å². The number of rotatable bonds is 3. The van der Waals surface area contributed by atoms with Crippen LogP contribution < -0.4 is 4.74 Å². The van der Waals surface area contributed by atoms with Gasteiger partial charge in [0.1, 0.15) is 5.75 Å². The van der Waals surface area contributed by atoms with Gasteiger partial charge < -0.3 is 9.47 Å². The maximum absolute atomic E-state index is 9.57. The van der Waals surface area contributed by atoms with Crippen LogP contribution in [0.1, 0.15) is 24.8 Å². The Bertz CT molecular complexity index is 494. The molecule has 0 saturated carbocycles. The lowest BCUT2D eigenvalue weighted by molar-refractivity contribution is 0.0787. The number of hydrogen-bond acceptors (Lipinski definition) is 3. The number of benzene rings is 1. The zero-order valence-corrected chi connectivity index (χ0v) is 10.6. The SMILES string of the molecule is COc1cccc(CC2(C#N)CC3CCC2O3)c1. The average molecular weight is 243 g/mol. The zero-order chi connectivity index (χ0) is 12.6. The van der Waals surface area contributed by atoms with Crippen molar-refractivity contribution in [1.29, 1.82) is 5.26 Å². The molecule has 3 heteroatoms. The molecule has 0 aromatic heterocycles. The molecular formula is C15H17NO2. The summed E-state index contributed by atoms with van der Waals surface area (Å²) in [4.78, 5) is 0. The molecule has 3 unspecified atom stereocenters. The molecule has 0 aliphatic carbocycles. The van der Waals surface area contributed by atoms with Crippen molar-refractivity contribution in [3.05, 3.63) is 29.8 Å². The first-order chi connectivity index (χ1) is 8.75. The Morgan fingerprint density at radius 2 is 2.39 bits per heavy atom. The smallest absolute Gasteiger partial charge is 0.119 e. The van der Waals surface area contributed by atoms with Crippen LogP contribution in [-0.2, 0) is 11.2 Å². The molecule has 0 radical (unpaired) electrons. The van der Waals surface area contributed by atoms with Gasteiger partial charge in [-0.15, -0.1) is 0 Å². The molecule has 0 N–H and O–H groups in total. The molecular weight excluding hydrogens is 226 g/mol. The monoisotopic (exact) mass is 243 g/mol. The van der Waals surface area contributed by atoms with Crippen molar-refractivity contribution in [3.63, 3.8) is 0 Å². The molecule has 2 aliphatic heterocycles. The van der Waals surface area contributed by atoms with E-state index >= 15 is 0 Å². The van der Waals surface area contributed by atoms with Crippen LogP contribution in [0.25, 0.3) is 0 Å². The quantitative estimate of drug-likeness (QED) is 0.819. The number of ether oxygens (including phenoxy) is 2. The van der Waals surface area contributed by atoms with Crippen LogP contribution in [-0.4, -0.2) is 19.3 Å². The Labute approximate surface area is 107 Å². The number of fused-ring (bicyclic) bond motifs is 2. The van der Waals surface area contributed by atoms with E-state index in [0.29, 0.717) is 6.10 Å². The molecule has 3 rings (SSSR count). The number of nitriles is 1. The fraction of sp³-hybridized carbons (Fsp3) is 0.533.